The Morgan fingerprint density at radius 3 is 2.17 bits per heavy atom. The fraction of sp³-hybridized carbons (Fsp3) is 0.929. The lowest BCUT2D eigenvalue weighted by atomic mass is 10.1. The molecule has 4 nitrogen and oxygen atoms in total. The highest BCUT2D eigenvalue weighted by Crippen LogP contribution is 2.15. The average molecular weight is 255 g/mol. The summed E-state index contributed by atoms with van der Waals surface area (Å²) in [6.45, 7) is 7.36. The van der Waals surface area contributed by atoms with Gasteiger partial charge in [-0.05, 0) is 25.7 Å². The van der Waals surface area contributed by atoms with E-state index < -0.39 is 0 Å². The Labute approximate surface area is 111 Å². The average Bonchev–Trinajstić information content (AvgIpc) is 2.67. The number of carbonyl (C=O) groups is 1. The van der Waals surface area contributed by atoms with Crippen molar-refractivity contribution in [3.63, 3.8) is 0 Å². The first-order valence-electron chi connectivity index (χ1n) is 7.50. The SMILES string of the molecule is CCC(CC)N(CCN)C(=O)N1CCCCCC1. The zero-order valence-corrected chi connectivity index (χ0v) is 12.0. The molecule has 1 rings (SSSR count). The Morgan fingerprint density at radius 1 is 1.17 bits per heavy atom. The van der Waals surface area contributed by atoms with E-state index in [1.165, 1.54) is 12.8 Å². The van der Waals surface area contributed by atoms with Crippen molar-refractivity contribution in [2.24, 2.45) is 5.73 Å². The maximum Gasteiger partial charge on any atom is 0.320 e. The van der Waals surface area contributed by atoms with Crippen molar-refractivity contribution < 1.29 is 4.79 Å². The number of hydrogen-bond donors (Lipinski definition) is 1. The number of amides is 2. The van der Waals surface area contributed by atoms with Gasteiger partial charge in [-0.15, -0.1) is 0 Å². The van der Waals surface area contributed by atoms with Gasteiger partial charge in [0.05, 0.1) is 0 Å². The van der Waals surface area contributed by atoms with Gasteiger partial charge >= 0.3 is 6.03 Å². The van der Waals surface area contributed by atoms with Crippen LogP contribution in [-0.2, 0) is 0 Å². The summed E-state index contributed by atoms with van der Waals surface area (Å²) >= 11 is 0. The van der Waals surface area contributed by atoms with E-state index >= 15 is 0 Å². The molecule has 0 aromatic heterocycles. The van der Waals surface area contributed by atoms with Gasteiger partial charge in [-0.3, -0.25) is 0 Å². The lowest BCUT2D eigenvalue weighted by Crippen LogP contribution is -2.50. The monoisotopic (exact) mass is 255 g/mol. The van der Waals surface area contributed by atoms with Crippen LogP contribution in [0.3, 0.4) is 0 Å². The smallest absolute Gasteiger partial charge is 0.320 e. The first-order valence-corrected chi connectivity index (χ1v) is 7.50. The van der Waals surface area contributed by atoms with Crippen molar-refractivity contribution in [2.75, 3.05) is 26.2 Å². The highest BCUT2D eigenvalue weighted by atomic mass is 16.2. The Bertz CT molecular complexity index is 233. The van der Waals surface area contributed by atoms with Crippen LogP contribution in [0.25, 0.3) is 0 Å². The van der Waals surface area contributed by atoms with Crippen LogP contribution in [0, 0.1) is 0 Å². The molecular weight excluding hydrogens is 226 g/mol. The van der Waals surface area contributed by atoms with Crippen LogP contribution in [0.15, 0.2) is 0 Å². The van der Waals surface area contributed by atoms with Crippen LogP contribution in [0.2, 0.25) is 0 Å². The maximum atomic E-state index is 12.6. The minimum atomic E-state index is 0.205. The van der Waals surface area contributed by atoms with Crippen molar-refractivity contribution in [1.82, 2.24) is 9.80 Å². The summed E-state index contributed by atoms with van der Waals surface area (Å²) in [4.78, 5) is 16.6. The highest BCUT2D eigenvalue weighted by molar-refractivity contribution is 5.74. The van der Waals surface area contributed by atoms with Gasteiger partial charge in [0.1, 0.15) is 0 Å². The molecule has 2 amide bonds. The predicted octanol–water partition coefficient (Wildman–Crippen LogP) is 2.43. The van der Waals surface area contributed by atoms with Gasteiger partial charge in [-0.1, -0.05) is 26.7 Å². The van der Waals surface area contributed by atoms with Gasteiger partial charge in [0, 0.05) is 32.2 Å². The van der Waals surface area contributed by atoms with E-state index in [0.29, 0.717) is 19.1 Å². The third kappa shape index (κ3) is 4.16. The number of nitrogens with zero attached hydrogens (tertiary/aromatic N) is 2. The molecule has 0 unspecified atom stereocenters. The lowest BCUT2D eigenvalue weighted by molar-refractivity contribution is 0.132. The second-order valence-electron chi connectivity index (χ2n) is 5.14. The molecule has 0 aliphatic carbocycles. The first-order chi connectivity index (χ1) is 8.74. The number of urea groups is 1. The molecule has 0 saturated carbocycles. The van der Waals surface area contributed by atoms with Gasteiger partial charge < -0.3 is 15.5 Å². The fourth-order valence-electron chi connectivity index (χ4n) is 2.75. The molecule has 1 fully saturated rings. The van der Waals surface area contributed by atoms with Crippen molar-refractivity contribution in [3.8, 4) is 0 Å². The minimum Gasteiger partial charge on any atom is -0.329 e. The quantitative estimate of drug-likeness (QED) is 0.820. The lowest BCUT2D eigenvalue weighted by Gasteiger charge is -2.35. The summed E-state index contributed by atoms with van der Waals surface area (Å²) in [5.41, 5.74) is 5.66. The largest absolute Gasteiger partial charge is 0.329 e. The molecule has 0 spiro atoms. The minimum absolute atomic E-state index is 0.205. The molecule has 1 saturated heterocycles. The van der Waals surface area contributed by atoms with Gasteiger partial charge in [-0.2, -0.15) is 0 Å². The van der Waals surface area contributed by atoms with E-state index in [4.69, 9.17) is 5.73 Å². The zero-order valence-electron chi connectivity index (χ0n) is 12.0. The van der Waals surface area contributed by atoms with Crippen LogP contribution < -0.4 is 5.73 Å². The summed E-state index contributed by atoms with van der Waals surface area (Å²) in [7, 11) is 0. The number of nitrogens with two attached hydrogens (primary N) is 1. The normalized spacial score (nSPS) is 16.8. The molecule has 1 heterocycles. The van der Waals surface area contributed by atoms with Crippen molar-refractivity contribution >= 4 is 6.03 Å². The Hall–Kier alpha value is -0.770. The van der Waals surface area contributed by atoms with Crippen LogP contribution in [0.5, 0.6) is 0 Å². The number of rotatable bonds is 5. The maximum absolute atomic E-state index is 12.6. The first kappa shape index (κ1) is 15.3. The molecule has 18 heavy (non-hydrogen) atoms. The van der Waals surface area contributed by atoms with Crippen LogP contribution in [-0.4, -0.2) is 48.1 Å². The van der Waals surface area contributed by atoms with Crippen molar-refractivity contribution in [2.45, 2.75) is 58.4 Å². The van der Waals surface area contributed by atoms with E-state index in [9.17, 15) is 4.79 Å². The molecule has 0 aromatic carbocycles. The van der Waals surface area contributed by atoms with Gasteiger partial charge in [0.25, 0.3) is 0 Å². The summed E-state index contributed by atoms with van der Waals surface area (Å²) in [5.74, 6) is 0. The molecule has 0 aromatic rings. The topological polar surface area (TPSA) is 49.6 Å². The fourth-order valence-corrected chi connectivity index (χ4v) is 2.75. The molecule has 0 radical (unpaired) electrons. The zero-order chi connectivity index (χ0) is 13.4. The van der Waals surface area contributed by atoms with Crippen molar-refractivity contribution in [3.05, 3.63) is 0 Å². The summed E-state index contributed by atoms with van der Waals surface area (Å²) in [6.07, 6.45) is 6.82. The predicted molar refractivity (Wildman–Crippen MR) is 75.6 cm³/mol. The van der Waals surface area contributed by atoms with E-state index in [0.717, 1.165) is 38.8 Å². The Morgan fingerprint density at radius 2 is 1.72 bits per heavy atom. The molecule has 1 aliphatic rings. The number of hydrogen-bond acceptors (Lipinski definition) is 2. The third-order valence-corrected chi connectivity index (χ3v) is 3.88. The van der Waals surface area contributed by atoms with Gasteiger partial charge in [-0.25, -0.2) is 4.79 Å². The van der Waals surface area contributed by atoms with Crippen LogP contribution in [0.4, 0.5) is 4.79 Å². The standard InChI is InChI=1S/C14H29N3O/c1-3-13(4-2)17(12-9-15)14(18)16-10-7-5-6-8-11-16/h13H,3-12,15H2,1-2H3. The molecule has 0 atom stereocenters. The van der Waals surface area contributed by atoms with Gasteiger partial charge in [0.2, 0.25) is 0 Å². The Balaban J connectivity index is 2.67. The molecule has 1 aliphatic heterocycles. The number of carbonyl (C=O) groups excluding carboxylic acids is 1. The van der Waals surface area contributed by atoms with Crippen LogP contribution in [0.1, 0.15) is 52.4 Å². The second-order valence-corrected chi connectivity index (χ2v) is 5.14. The molecule has 106 valence electrons. The third-order valence-electron chi connectivity index (χ3n) is 3.88. The molecule has 4 heteroatoms. The van der Waals surface area contributed by atoms with Gasteiger partial charge in [0.15, 0.2) is 0 Å². The van der Waals surface area contributed by atoms with E-state index in [2.05, 4.69) is 13.8 Å². The molecular formula is C14H29N3O. The molecule has 0 bridgehead atoms. The molecule has 2 N–H and O–H groups in total. The summed E-state index contributed by atoms with van der Waals surface area (Å²) in [5, 5.41) is 0. The van der Waals surface area contributed by atoms with E-state index in [1.54, 1.807) is 0 Å². The highest BCUT2D eigenvalue weighted by Gasteiger charge is 2.25. The summed E-state index contributed by atoms with van der Waals surface area (Å²) in [6, 6.07) is 0.542. The summed E-state index contributed by atoms with van der Waals surface area (Å²) < 4.78 is 0. The van der Waals surface area contributed by atoms with Crippen LogP contribution >= 0.6 is 0 Å². The Kier molecular flexibility index (Phi) is 7.09. The number of likely N-dealkylation sites (tertiary alicyclic amines) is 1. The van der Waals surface area contributed by atoms with E-state index in [-0.39, 0.29) is 6.03 Å². The second kappa shape index (κ2) is 8.35. The van der Waals surface area contributed by atoms with Crippen molar-refractivity contribution in [1.29, 1.82) is 0 Å². The van der Waals surface area contributed by atoms with E-state index in [1.807, 2.05) is 9.80 Å².